The lowest BCUT2D eigenvalue weighted by molar-refractivity contribution is -0.119. The van der Waals surface area contributed by atoms with E-state index in [1.165, 1.54) is 0 Å². The van der Waals surface area contributed by atoms with Crippen LogP contribution in [0.4, 0.5) is 5.69 Å². The molecule has 0 bridgehead atoms. The van der Waals surface area contributed by atoms with Crippen LogP contribution < -0.4 is 10.6 Å². The molecule has 2 heterocycles. The highest BCUT2D eigenvalue weighted by molar-refractivity contribution is 5.92. The van der Waals surface area contributed by atoms with E-state index in [1.54, 1.807) is 23.3 Å². The van der Waals surface area contributed by atoms with Gasteiger partial charge in [0.25, 0.3) is 0 Å². The first-order valence-electron chi connectivity index (χ1n) is 6.10. The summed E-state index contributed by atoms with van der Waals surface area (Å²) in [5, 5.41) is 5.81. The predicted octanol–water partition coefficient (Wildman–Crippen LogP) is 1.90. The predicted molar refractivity (Wildman–Crippen MR) is 87.6 cm³/mol. The third kappa shape index (κ3) is 5.34. The number of carbonyl (C=O) groups is 1. The number of nitrogens with zero attached hydrogens (tertiary/aromatic N) is 3. The second-order valence-corrected chi connectivity index (χ2v) is 4.32. The number of hydrogen-bond donors (Lipinski definition) is 2. The maximum Gasteiger partial charge on any atom is 0.228 e. The van der Waals surface area contributed by atoms with Gasteiger partial charge >= 0.3 is 0 Å². The number of anilines is 1. The van der Waals surface area contributed by atoms with Crippen LogP contribution in [0.2, 0.25) is 0 Å². The molecule has 1 atom stereocenters. The highest BCUT2D eigenvalue weighted by atomic mass is 35.5. The summed E-state index contributed by atoms with van der Waals surface area (Å²) in [4.78, 5) is 20.1. The van der Waals surface area contributed by atoms with Crippen molar-refractivity contribution in [2.45, 2.75) is 6.92 Å². The van der Waals surface area contributed by atoms with Crippen LogP contribution in [0.1, 0.15) is 6.92 Å². The van der Waals surface area contributed by atoms with Crippen molar-refractivity contribution in [2.75, 3.05) is 18.9 Å². The van der Waals surface area contributed by atoms with Crippen molar-refractivity contribution in [2.24, 2.45) is 5.92 Å². The third-order valence-electron chi connectivity index (χ3n) is 2.74. The number of aromatic nitrogens is 3. The zero-order chi connectivity index (χ0) is 13.7. The Bertz CT molecular complexity index is 530. The minimum atomic E-state index is -0.0849. The van der Waals surface area contributed by atoms with Gasteiger partial charge in [0.1, 0.15) is 12.1 Å². The molecule has 6 nitrogen and oxygen atoms in total. The van der Waals surface area contributed by atoms with Gasteiger partial charge in [0.15, 0.2) is 0 Å². The van der Waals surface area contributed by atoms with Gasteiger partial charge in [-0.15, -0.1) is 24.8 Å². The van der Waals surface area contributed by atoms with Crippen molar-refractivity contribution >= 4 is 36.4 Å². The third-order valence-corrected chi connectivity index (χ3v) is 2.74. The molecule has 2 N–H and O–H groups in total. The summed E-state index contributed by atoms with van der Waals surface area (Å²) in [6.45, 7) is 2.52. The molecule has 0 aromatic carbocycles. The second-order valence-electron chi connectivity index (χ2n) is 4.32. The molecule has 8 heteroatoms. The number of amides is 1. The summed E-state index contributed by atoms with van der Waals surface area (Å²) in [6, 6.07) is 3.66. The molecule has 0 saturated carbocycles. The van der Waals surface area contributed by atoms with Gasteiger partial charge in [0.2, 0.25) is 5.91 Å². The van der Waals surface area contributed by atoms with Crippen LogP contribution in [0.3, 0.4) is 0 Å². The van der Waals surface area contributed by atoms with Crippen molar-refractivity contribution in [1.82, 2.24) is 19.9 Å². The molecular formula is C13H19Cl2N5O. The van der Waals surface area contributed by atoms with Crippen LogP contribution in [-0.4, -0.2) is 34.0 Å². The molecule has 0 spiro atoms. The lowest BCUT2D eigenvalue weighted by Crippen LogP contribution is -2.28. The van der Waals surface area contributed by atoms with Gasteiger partial charge in [0, 0.05) is 24.9 Å². The van der Waals surface area contributed by atoms with Crippen LogP contribution in [0.5, 0.6) is 0 Å². The summed E-state index contributed by atoms with van der Waals surface area (Å²) in [5.74, 6) is 0.656. The SMILES string of the molecule is CNCC(C)C(=O)Nc1ccc(-n2ccnc2)nc1.Cl.Cl. The van der Waals surface area contributed by atoms with Crippen molar-refractivity contribution in [3.8, 4) is 5.82 Å². The monoisotopic (exact) mass is 331 g/mol. The van der Waals surface area contributed by atoms with Crippen LogP contribution in [0.15, 0.2) is 37.1 Å². The largest absolute Gasteiger partial charge is 0.324 e. The topological polar surface area (TPSA) is 71.8 Å². The molecule has 0 aliphatic carbocycles. The van der Waals surface area contributed by atoms with E-state index in [1.807, 2.05) is 32.3 Å². The smallest absolute Gasteiger partial charge is 0.228 e. The summed E-state index contributed by atoms with van der Waals surface area (Å²) >= 11 is 0. The first-order chi connectivity index (χ1) is 9.20. The van der Waals surface area contributed by atoms with Crippen molar-refractivity contribution < 1.29 is 4.79 Å². The Kier molecular flexibility index (Phi) is 8.61. The van der Waals surface area contributed by atoms with Gasteiger partial charge in [-0.25, -0.2) is 9.97 Å². The number of hydrogen-bond acceptors (Lipinski definition) is 4. The number of pyridine rings is 1. The van der Waals surface area contributed by atoms with E-state index in [9.17, 15) is 4.79 Å². The molecule has 2 rings (SSSR count). The lowest BCUT2D eigenvalue weighted by Gasteiger charge is -2.11. The number of nitrogens with one attached hydrogen (secondary N) is 2. The fraction of sp³-hybridized carbons (Fsp3) is 0.308. The number of halogens is 2. The molecule has 1 amide bonds. The highest BCUT2D eigenvalue weighted by Gasteiger charge is 2.11. The van der Waals surface area contributed by atoms with Crippen LogP contribution in [0.25, 0.3) is 5.82 Å². The molecule has 1 unspecified atom stereocenters. The molecular weight excluding hydrogens is 313 g/mol. The normalized spacial score (nSPS) is 11.0. The molecule has 0 radical (unpaired) electrons. The Balaban J connectivity index is 0.00000200. The summed E-state index contributed by atoms with van der Waals surface area (Å²) in [6.07, 6.45) is 6.82. The van der Waals surface area contributed by atoms with E-state index in [0.717, 1.165) is 5.82 Å². The number of rotatable bonds is 5. The molecule has 2 aromatic rings. The molecule has 116 valence electrons. The van der Waals surface area contributed by atoms with E-state index in [-0.39, 0.29) is 36.6 Å². The van der Waals surface area contributed by atoms with E-state index in [0.29, 0.717) is 12.2 Å². The molecule has 2 aromatic heterocycles. The maximum absolute atomic E-state index is 11.8. The Morgan fingerprint density at radius 3 is 2.67 bits per heavy atom. The quantitative estimate of drug-likeness (QED) is 0.877. The fourth-order valence-electron chi connectivity index (χ4n) is 1.67. The van der Waals surface area contributed by atoms with E-state index >= 15 is 0 Å². The van der Waals surface area contributed by atoms with Gasteiger partial charge < -0.3 is 10.6 Å². The first kappa shape index (κ1) is 19.4. The van der Waals surface area contributed by atoms with Gasteiger partial charge in [-0.2, -0.15) is 0 Å². The minimum absolute atomic E-state index is 0. The summed E-state index contributed by atoms with van der Waals surface area (Å²) in [7, 11) is 1.82. The second kappa shape index (κ2) is 9.33. The Hall–Kier alpha value is -1.63. The zero-order valence-corrected chi connectivity index (χ0v) is 13.4. The molecule has 0 saturated heterocycles. The Morgan fingerprint density at radius 1 is 1.38 bits per heavy atom. The van der Waals surface area contributed by atoms with E-state index < -0.39 is 0 Å². The molecule has 0 aliphatic rings. The fourth-order valence-corrected chi connectivity index (χ4v) is 1.67. The lowest BCUT2D eigenvalue weighted by atomic mass is 10.1. The molecule has 0 fully saturated rings. The number of carbonyl (C=O) groups excluding carboxylic acids is 1. The zero-order valence-electron chi connectivity index (χ0n) is 11.8. The average Bonchev–Trinajstić information content (AvgIpc) is 2.94. The molecule has 0 aliphatic heterocycles. The van der Waals surface area contributed by atoms with Gasteiger partial charge in [0.05, 0.1) is 11.9 Å². The van der Waals surface area contributed by atoms with Gasteiger partial charge in [-0.3, -0.25) is 9.36 Å². The van der Waals surface area contributed by atoms with Gasteiger partial charge in [-0.1, -0.05) is 6.92 Å². The summed E-state index contributed by atoms with van der Waals surface area (Å²) in [5.41, 5.74) is 0.691. The standard InChI is InChI=1S/C13H17N5O.2ClH/c1-10(7-14-2)13(19)17-11-3-4-12(16-8-11)18-6-5-15-9-18;;/h3-6,8-10,14H,7H2,1-2H3,(H,17,19);2*1H. The van der Waals surface area contributed by atoms with Crippen molar-refractivity contribution in [3.05, 3.63) is 37.1 Å². The van der Waals surface area contributed by atoms with E-state index in [2.05, 4.69) is 20.6 Å². The van der Waals surface area contributed by atoms with Crippen LogP contribution >= 0.6 is 24.8 Å². The Morgan fingerprint density at radius 2 is 2.14 bits per heavy atom. The van der Waals surface area contributed by atoms with Gasteiger partial charge in [-0.05, 0) is 19.2 Å². The Labute approximate surface area is 136 Å². The van der Waals surface area contributed by atoms with Crippen LogP contribution in [0, 0.1) is 5.92 Å². The van der Waals surface area contributed by atoms with Crippen molar-refractivity contribution in [3.63, 3.8) is 0 Å². The summed E-state index contributed by atoms with van der Waals surface area (Å²) < 4.78 is 1.80. The first-order valence-corrected chi connectivity index (χ1v) is 6.10. The minimum Gasteiger partial charge on any atom is -0.324 e. The maximum atomic E-state index is 11.8. The molecule has 21 heavy (non-hydrogen) atoms. The highest BCUT2D eigenvalue weighted by Crippen LogP contribution is 2.10. The van der Waals surface area contributed by atoms with Crippen LogP contribution in [-0.2, 0) is 4.79 Å². The van der Waals surface area contributed by atoms with E-state index in [4.69, 9.17) is 0 Å². The van der Waals surface area contributed by atoms with Crippen molar-refractivity contribution in [1.29, 1.82) is 0 Å². The number of imidazole rings is 1. The average molecular weight is 332 g/mol.